The fourth-order valence-electron chi connectivity index (χ4n) is 14.1. The maximum absolute atomic E-state index is 13.4. The van der Waals surface area contributed by atoms with Gasteiger partial charge in [0, 0.05) is 7.11 Å². The summed E-state index contributed by atoms with van der Waals surface area (Å²) in [5.41, 5.74) is -1.16. The van der Waals surface area contributed by atoms with Crippen molar-refractivity contribution in [2.75, 3.05) is 7.11 Å². The molecular formula is C42H64O9. The topological polar surface area (TPSA) is 125 Å². The molecule has 6 saturated carbocycles. The number of carbonyl (C=O) groups is 4. The van der Waals surface area contributed by atoms with Crippen LogP contribution in [-0.4, -0.2) is 59.5 Å². The molecule has 7 rings (SSSR count). The van der Waals surface area contributed by atoms with Crippen molar-refractivity contribution >= 4 is 23.9 Å². The van der Waals surface area contributed by atoms with Crippen molar-refractivity contribution in [3.8, 4) is 0 Å². The van der Waals surface area contributed by atoms with Crippen LogP contribution < -0.4 is 0 Å². The van der Waals surface area contributed by atoms with Crippen LogP contribution in [0.5, 0.6) is 0 Å². The molecule has 1 aliphatic heterocycles. The van der Waals surface area contributed by atoms with E-state index in [1.165, 1.54) is 0 Å². The Morgan fingerprint density at radius 1 is 0.706 bits per heavy atom. The molecule has 9 heteroatoms. The number of methoxy groups -OCH3 is 1. The highest BCUT2D eigenvalue weighted by atomic mass is 16.6. The van der Waals surface area contributed by atoms with E-state index in [2.05, 4.69) is 6.92 Å². The first-order chi connectivity index (χ1) is 23.9. The molecule has 6 aliphatic carbocycles. The molecule has 7 fully saturated rings. The van der Waals surface area contributed by atoms with Gasteiger partial charge in [0.15, 0.2) is 0 Å². The fourth-order valence-corrected chi connectivity index (χ4v) is 14.1. The van der Waals surface area contributed by atoms with Crippen LogP contribution >= 0.6 is 0 Å². The second-order valence-corrected chi connectivity index (χ2v) is 20.2. The number of aliphatic hydroxyl groups excluding tert-OH is 1. The maximum atomic E-state index is 13.4. The van der Waals surface area contributed by atoms with E-state index in [4.69, 9.17) is 18.9 Å². The molecule has 7 aliphatic rings. The lowest BCUT2D eigenvalue weighted by atomic mass is 9.53. The Bertz CT molecular complexity index is 1380. The molecule has 0 amide bonds. The van der Waals surface area contributed by atoms with Crippen molar-refractivity contribution in [3.63, 3.8) is 0 Å². The number of rotatable bonds is 10. The lowest BCUT2D eigenvalue weighted by molar-refractivity contribution is -0.160. The molecule has 0 spiro atoms. The summed E-state index contributed by atoms with van der Waals surface area (Å²) in [7, 11) is 1.73. The van der Waals surface area contributed by atoms with Gasteiger partial charge in [-0.05, 0) is 169 Å². The Morgan fingerprint density at radius 3 is 1.82 bits per heavy atom. The smallest absolute Gasteiger partial charge is 0.317 e. The highest BCUT2D eigenvalue weighted by molar-refractivity contribution is 5.96. The second-order valence-electron chi connectivity index (χ2n) is 20.2. The minimum Gasteiger partial charge on any atom is -0.460 e. The summed E-state index contributed by atoms with van der Waals surface area (Å²) in [4.78, 5) is 52.3. The summed E-state index contributed by atoms with van der Waals surface area (Å²) in [6.45, 7) is 15.6. The molecule has 9 nitrogen and oxygen atoms in total. The van der Waals surface area contributed by atoms with Crippen molar-refractivity contribution in [2.24, 2.45) is 94.7 Å². The number of esters is 4. The van der Waals surface area contributed by atoms with Crippen molar-refractivity contribution in [1.29, 1.82) is 0 Å². The first kappa shape index (κ1) is 37.3. The van der Waals surface area contributed by atoms with Crippen LogP contribution in [-0.2, 0) is 38.1 Å². The van der Waals surface area contributed by atoms with Gasteiger partial charge in [-0.2, -0.15) is 0 Å². The molecule has 1 N–H and O–H groups in total. The minimum absolute atomic E-state index is 0.0266. The van der Waals surface area contributed by atoms with Gasteiger partial charge < -0.3 is 24.1 Å². The Morgan fingerprint density at radius 2 is 1.25 bits per heavy atom. The van der Waals surface area contributed by atoms with E-state index >= 15 is 0 Å². The largest absolute Gasteiger partial charge is 0.460 e. The van der Waals surface area contributed by atoms with Crippen LogP contribution in [0.2, 0.25) is 0 Å². The van der Waals surface area contributed by atoms with Crippen LogP contribution in [0.1, 0.15) is 113 Å². The molecule has 286 valence electrons. The van der Waals surface area contributed by atoms with E-state index in [0.29, 0.717) is 65.1 Å². The summed E-state index contributed by atoms with van der Waals surface area (Å²) in [5, 5.41) is 11.6. The molecule has 1 saturated heterocycles. The first-order valence-corrected chi connectivity index (χ1v) is 20.3. The number of carbonyl (C=O) groups excluding carboxylic acids is 4. The van der Waals surface area contributed by atoms with E-state index in [1.54, 1.807) is 7.11 Å². The predicted molar refractivity (Wildman–Crippen MR) is 188 cm³/mol. The van der Waals surface area contributed by atoms with E-state index in [0.717, 1.165) is 44.9 Å². The molecule has 1 heterocycles. The van der Waals surface area contributed by atoms with Crippen molar-refractivity contribution in [2.45, 2.75) is 137 Å². The van der Waals surface area contributed by atoms with Crippen LogP contribution in [0.15, 0.2) is 0 Å². The number of aliphatic hydroxyl groups is 1. The summed E-state index contributed by atoms with van der Waals surface area (Å²) >= 11 is 0. The van der Waals surface area contributed by atoms with Gasteiger partial charge in [-0.15, -0.1) is 0 Å². The number of hydrogen-bond donors (Lipinski definition) is 1. The summed E-state index contributed by atoms with van der Waals surface area (Å²) in [6, 6.07) is 0. The molecule has 0 aromatic carbocycles. The Balaban J connectivity index is 1.21. The predicted octanol–water partition coefficient (Wildman–Crippen LogP) is 6.62. The zero-order chi connectivity index (χ0) is 36.9. The Hall–Kier alpha value is -2.00. The van der Waals surface area contributed by atoms with Gasteiger partial charge in [-0.25, -0.2) is 0 Å². The summed E-state index contributed by atoms with van der Waals surface area (Å²) in [5.74, 6) is 2.93. The zero-order valence-electron chi connectivity index (χ0n) is 32.5. The molecule has 0 aromatic heterocycles. The quantitative estimate of drug-likeness (QED) is 0.151. The third-order valence-electron chi connectivity index (χ3n) is 15.3. The molecule has 6 bridgehead atoms. The van der Waals surface area contributed by atoms with Crippen molar-refractivity contribution in [3.05, 3.63) is 0 Å². The van der Waals surface area contributed by atoms with Gasteiger partial charge in [-0.1, -0.05) is 13.8 Å². The standard InChI is InChI=1S/C42H64O9/c1-19-23-13-25(29(43)17-31(44)50-41(3,4)5)27(14-23)33(19)37-24-15-26(30(48-9)18-32(45)51-42(6,7)8)28(16-24)38(37)36-22-11-10-21(12-22)35(36)34-20(2)39(46)49-40(34)47/h19-30,33-38,43H,10-18H2,1-9H3. The number of ether oxygens (including phenoxy) is 4. The number of cyclic esters (lactones) is 2. The van der Waals surface area contributed by atoms with Crippen LogP contribution in [0.3, 0.4) is 0 Å². The van der Waals surface area contributed by atoms with E-state index < -0.39 is 29.1 Å². The van der Waals surface area contributed by atoms with Crippen LogP contribution in [0, 0.1) is 94.7 Å². The van der Waals surface area contributed by atoms with Gasteiger partial charge in [0.1, 0.15) is 11.2 Å². The molecule has 51 heavy (non-hydrogen) atoms. The van der Waals surface area contributed by atoms with Gasteiger partial charge in [-0.3, -0.25) is 19.2 Å². The normalized spacial score (nSPS) is 45.4. The summed E-state index contributed by atoms with van der Waals surface area (Å²) < 4.78 is 22.9. The van der Waals surface area contributed by atoms with Gasteiger partial charge in [0.05, 0.1) is 36.9 Å². The fraction of sp³-hybridized carbons (Fsp3) is 0.905. The van der Waals surface area contributed by atoms with E-state index in [9.17, 15) is 24.3 Å². The third-order valence-corrected chi connectivity index (χ3v) is 15.3. The SMILES string of the molecule is COC(CC(=O)OC(C)(C)C)C1CC2CC1C(C1C3CCC(C3)C1C1C(=O)OC(=O)C1C)C2C1C(C)C2CC(C(O)CC(=O)OC(C)(C)C)C1C2. The van der Waals surface area contributed by atoms with Gasteiger partial charge in [0.25, 0.3) is 0 Å². The number of hydrogen-bond acceptors (Lipinski definition) is 9. The Labute approximate surface area is 305 Å². The Kier molecular flexibility index (Phi) is 9.80. The molecule has 18 unspecified atom stereocenters. The maximum Gasteiger partial charge on any atom is 0.317 e. The van der Waals surface area contributed by atoms with Crippen LogP contribution in [0.25, 0.3) is 0 Å². The highest BCUT2D eigenvalue weighted by Gasteiger charge is 2.68. The average molecular weight is 713 g/mol. The van der Waals surface area contributed by atoms with Gasteiger partial charge in [0.2, 0.25) is 0 Å². The third kappa shape index (κ3) is 6.71. The molecular weight excluding hydrogens is 648 g/mol. The molecule has 0 radical (unpaired) electrons. The van der Waals surface area contributed by atoms with E-state index in [1.807, 2.05) is 48.5 Å². The highest BCUT2D eigenvalue weighted by Crippen LogP contribution is 2.72. The minimum atomic E-state index is -0.725. The van der Waals surface area contributed by atoms with Crippen molar-refractivity contribution in [1.82, 2.24) is 0 Å². The summed E-state index contributed by atoms with van der Waals surface area (Å²) in [6.07, 6.45) is 6.80. The zero-order valence-corrected chi connectivity index (χ0v) is 32.5. The van der Waals surface area contributed by atoms with Gasteiger partial charge >= 0.3 is 23.9 Å². The lowest BCUT2D eigenvalue weighted by Gasteiger charge is -2.52. The lowest BCUT2D eigenvalue weighted by Crippen LogP contribution is -2.50. The van der Waals surface area contributed by atoms with Crippen LogP contribution in [0.4, 0.5) is 0 Å². The first-order valence-electron chi connectivity index (χ1n) is 20.3. The molecule has 18 atom stereocenters. The number of fused-ring (bicyclic) bond motifs is 6. The van der Waals surface area contributed by atoms with Crippen molar-refractivity contribution < 1.29 is 43.2 Å². The average Bonchev–Trinajstić information content (AvgIpc) is 3.86. The molecule has 0 aromatic rings. The van der Waals surface area contributed by atoms with E-state index in [-0.39, 0.29) is 60.6 Å². The second kappa shape index (κ2) is 13.4. The monoisotopic (exact) mass is 712 g/mol.